The molecule has 19 heavy (non-hydrogen) atoms. The monoisotopic (exact) mass is 269 g/mol. The van der Waals surface area contributed by atoms with Gasteiger partial charge in [0.25, 0.3) is 0 Å². The predicted molar refractivity (Wildman–Crippen MR) is 72.0 cm³/mol. The molecule has 6 nitrogen and oxygen atoms in total. The SMILES string of the molecule is COCCNCc1c(C)nn(C(C)C(=O)OC)c1C. The highest BCUT2D eigenvalue weighted by molar-refractivity contribution is 5.73. The molecule has 1 heterocycles. The molecule has 0 bridgehead atoms. The maximum Gasteiger partial charge on any atom is 0.330 e. The molecule has 1 atom stereocenters. The average molecular weight is 269 g/mol. The van der Waals surface area contributed by atoms with Gasteiger partial charge in [0.1, 0.15) is 6.04 Å². The van der Waals surface area contributed by atoms with Crippen LogP contribution in [0.15, 0.2) is 0 Å². The van der Waals surface area contributed by atoms with Crippen LogP contribution < -0.4 is 5.32 Å². The molecule has 0 saturated carbocycles. The Labute approximate surface area is 114 Å². The fourth-order valence-corrected chi connectivity index (χ4v) is 1.99. The number of methoxy groups -OCH3 is 2. The summed E-state index contributed by atoms with van der Waals surface area (Å²) in [7, 11) is 3.06. The first-order valence-corrected chi connectivity index (χ1v) is 6.35. The van der Waals surface area contributed by atoms with Crippen molar-refractivity contribution in [1.82, 2.24) is 15.1 Å². The Hall–Kier alpha value is -1.40. The third-order valence-corrected chi connectivity index (χ3v) is 3.17. The molecule has 0 spiro atoms. The number of esters is 1. The number of ether oxygens (including phenoxy) is 2. The van der Waals surface area contributed by atoms with Gasteiger partial charge in [-0.1, -0.05) is 0 Å². The smallest absolute Gasteiger partial charge is 0.330 e. The van der Waals surface area contributed by atoms with Crippen molar-refractivity contribution in [2.75, 3.05) is 27.4 Å². The first-order chi connectivity index (χ1) is 9.02. The van der Waals surface area contributed by atoms with Gasteiger partial charge in [-0.25, -0.2) is 4.79 Å². The second kappa shape index (κ2) is 7.25. The molecule has 0 radical (unpaired) electrons. The second-order valence-electron chi connectivity index (χ2n) is 4.46. The summed E-state index contributed by atoms with van der Waals surface area (Å²) in [5, 5.41) is 7.71. The zero-order valence-electron chi connectivity index (χ0n) is 12.3. The number of nitrogens with one attached hydrogen (secondary N) is 1. The van der Waals surface area contributed by atoms with Crippen LogP contribution in [0.2, 0.25) is 0 Å². The van der Waals surface area contributed by atoms with Crippen LogP contribution in [0.1, 0.15) is 29.9 Å². The van der Waals surface area contributed by atoms with Gasteiger partial charge in [-0.15, -0.1) is 0 Å². The van der Waals surface area contributed by atoms with E-state index in [1.165, 1.54) is 7.11 Å². The average Bonchev–Trinajstić information content (AvgIpc) is 2.69. The molecule has 0 aromatic carbocycles. The highest BCUT2D eigenvalue weighted by Crippen LogP contribution is 2.18. The van der Waals surface area contributed by atoms with Crippen LogP contribution in [-0.4, -0.2) is 43.1 Å². The summed E-state index contributed by atoms with van der Waals surface area (Å²) in [6, 6.07) is -0.406. The lowest BCUT2D eigenvalue weighted by molar-refractivity contribution is -0.144. The minimum Gasteiger partial charge on any atom is -0.467 e. The first-order valence-electron chi connectivity index (χ1n) is 6.35. The molecule has 0 aliphatic rings. The molecule has 0 fully saturated rings. The van der Waals surface area contributed by atoms with Crippen LogP contribution in [0, 0.1) is 13.8 Å². The van der Waals surface area contributed by atoms with E-state index in [1.807, 2.05) is 13.8 Å². The van der Waals surface area contributed by atoms with Crippen molar-refractivity contribution in [2.45, 2.75) is 33.4 Å². The standard InChI is InChI=1S/C13H23N3O3/c1-9-12(8-14-6-7-18-4)10(2)16(15-9)11(3)13(17)19-5/h11,14H,6-8H2,1-5H3. The zero-order chi connectivity index (χ0) is 14.4. The van der Waals surface area contributed by atoms with E-state index in [0.717, 1.165) is 30.0 Å². The summed E-state index contributed by atoms with van der Waals surface area (Å²) in [5.74, 6) is -0.288. The molecule has 1 aromatic rings. The van der Waals surface area contributed by atoms with Gasteiger partial charge < -0.3 is 14.8 Å². The highest BCUT2D eigenvalue weighted by atomic mass is 16.5. The van der Waals surface area contributed by atoms with E-state index in [-0.39, 0.29) is 5.97 Å². The second-order valence-corrected chi connectivity index (χ2v) is 4.46. The predicted octanol–water partition coefficient (Wildman–Crippen LogP) is 0.970. The van der Waals surface area contributed by atoms with E-state index in [2.05, 4.69) is 10.4 Å². The van der Waals surface area contributed by atoms with E-state index in [1.54, 1.807) is 18.7 Å². The lowest BCUT2D eigenvalue weighted by Crippen LogP contribution is -2.21. The van der Waals surface area contributed by atoms with Crippen molar-refractivity contribution < 1.29 is 14.3 Å². The Morgan fingerprint density at radius 2 is 2.11 bits per heavy atom. The molecule has 108 valence electrons. The summed E-state index contributed by atoms with van der Waals surface area (Å²) >= 11 is 0. The molecular weight excluding hydrogens is 246 g/mol. The van der Waals surface area contributed by atoms with Gasteiger partial charge in [0.15, 0.2) is 0 Å². The molecule has 1 rings (SSSR count). The van der Waals surface area contributed by atoms with Gasteiger partial charge in [0.05, 0.1) is 19.4 Å². The van der Waals surface area contributed by atoms with E-state index in [0.29, 0.717) is 6.61 Å². The topological polar surface area (TPSA) is 65.4 Å². The number of aryl methyl sites for hydroxylation is 1. The Balaban J connectivity index is 2.79. The van der Waals surface area contributed by atoms with Crippen molar-refractivity contribution in [2.24, 2.45) is 0 Å². The fraction of sp³-hybridized carbons (Fsp3) is 0.692. The molecule has 0 saturated heterocycles. The third kappa shape index (κ3) is 3.78. The quantitative estimate of drug-likeness (QED) is 0.590. The molecule has 1 N–H and O–H groups in total. The van der Waals surface area contributed by atoms with E-state index < -0.39 is 6.04 Å². The number of nitrogens with zero attached hydrogens (tertiary/aromatic N) is 2. The summed E-state index contributed by atoms with van der Waals surface area (Å²) in [6.07, 6.45) is 0. The van der Waals surface area contributed by atoms with Crippen LogP contribution in [0.25, 0.3) is 0 Å². The largest absolute Gasteiger partial charge is 0.467 e. The molecule has 0 amide bonds. The van der Waals surface area contributed by atoms with Crippen molar-refractivity contribution >= 4 is 5.97 Å². The first kappa shape index (κ1) is 15.7. The number of hydrogen-bond acceptors (Lipinski definition) is 5. The van der Waals surface area contributed by atoms with Crippen molar-refractivity contribution in [1.29, 1.82) is 0 Å². The zero-order valence-corrected chi connectivity index (χ0v) is 12.3. The summed E-state index contributed by atoms with van der Waals surface area (Å²) in [5.41, 5.74) is 3.03. The van der Waals surface area contributed by atoms with Gasteiger partial charge in [0.2, 0.25) is 0 Å². The van der Waals surface area contributed by atoms with Crippen LogP contribution >= 0.6 is 0 Å². The Morgan fingerprint density at radius 1 is 1.42 bits per heavy atom. The Morgan fingerprint density at radius 3 is 2.68 bits per heavy atom. The third-order valence-electron chi connectivity index (χ3n) is 3.17. The van der Waals surface area contributed by atoms with Gasteiger partial charge in [-0.2, -0.15) is 5.10 Å². The maximum absolute atomic E-state index is 11.6. The van der Waals surface area contributed by atoms with Crippen molar-refractivity contribution in [3.05, 3.63) is 17.0 Å². The number of carbonyl (C=O) groups is 1. The minimum atomic E-state index is -0.406. The van der Waals surface area contributed by atoms with Gasteiger partial charge in [0, 0.05) is 31.5 Å². The molecular formula is C13H23N3O3. The van der Waals surface area contributed by atoms with Crippen LogP contribution in [0.4, 0.5) is 0 Å². The summed E-state index contributed by atoms with van der Waals surface area (Å²) < 4.78 is 11.5. The molecule has 6 heteroatoms. The number of rotatable bonds is 7. The van der Waals surface area contributed by atoms with E-state index in [4.69, 9.17) is 9.47 Å². The van der Waals surface area contributed by atoms with Crippen LogP contribution in [0.3, 0.4) is 0 Å². The number of aromatic nitrogens is 2. The maximum atomic E-state index is 11.6. The van der Waals surface area contributed by atoms with Crippen molar-refractivity contribution in [3.63, 3.8) is 0 Å². The molecule has 0 aliphatic heterocycles. The van der Waals surface area contributed by atoms with E-state index in [9.17, 15) is 4.79 Å². The number of carbonyl (C=O) groups excluding carboxylic acids is 1. The summed E-state index contributed by atoms with van der Waals surface area (Å²) in [6.45, 7) is 7.87. The minimum absolute atomic E-state index is 0.288. The normalized spacial score (nSPS) is 12.5. The molecule has 0 aliphatic carbocycles. The summed E-state index contributed by atoms with van der Waals surface area (Å²) in [4.78, 5) is 11.6. The van der Waals surface area contributed by atoms with Crippen molar-refractivity contribution in [3.8, 4) is 0 Å². The fourth-order valence-electron chi connectivity index (χ4n) is 1.99. The lowest BCUT2D eigenvalue weighted by atomic mass is 10.2. The van der Waals surface area contributed by atoms with Crippen LogP contribution in [-0.2, 0) is 20.8 Å². The Kier molecular flexibility index (Phi) is 5.98. The van der Waals surface area contributed by atoms with Gasteiger partial charge in [-0.3, -0.25) is 4.68 Å². The Bertz CT molecular complexity index is 429. The van der Waals surface area contributed by atoms with E-state index >= 15 is 0 Å². The highest BCUT2D eigenvalue weighted by Gasteiger charge is 2.21. The number of hydrogen-bond donors (Lipinski definition) is 1. The molecule has 1 aromatic heterocycles. The van der Waals surface area contributed by atoms with Crippen LogP contribution in [0.5, 0.6) is 0 Å². The van der Waals surface area contributed by atoms with Gasteiger partial charge in [-0.05, 0) is 20.8 Å². The van der Waals surface area contributed by atoms with Gasteiger partial charge >= 0.3 is 5.97 Å². The lowest BCUT2D eigenvalue weighted by Gasteiger charge is -2.12. The molecule has 1 unspecified atom stereocenters.